The Morgan fingerprint density at radius 3 is 2.35 bits per heavy atom. The Hall–Kier alpha value is -2.87. The van der Waals surface area contributed by atoms with Gasteiger partial charge in [0, 0.05) is 17.1 Å². The predicted molar refractivity (Wildman–Crippen MR) is 116 cm³/mol. The van der Waals surface area contributed by atoms with E-state index in [4.69, 9.17) is 26.2 Å². The summed E-state index contributed by atoms with van der Waals surface area (Å²) in [6, 6.07) is 12.6. The molecule has 31 heavy (non-hydrogen) atoms. The zero-order chi connectivity index (χ0) is 22.4. The van der Waals surface area contributed by atoms with Gasteiger partial charge in [-0.3, -0.25) is 9.59 Å². The van der Waals surface area contributed by atoms with E-state index in [1.807, 2.05) is 6.92 Å². The van der Waals surface area contributed by atoms with Crippen LogP contribution in [-0.4, -0.2) is 59.8 Å². The zero-order valence-corrected chi connectivity index (χ0v) is 17.8. The van der Waals surface area contributed by atoms with Crippen LogP contribution in [0.2, 0.25) is 5.02 Å². The van der Waals surface area contributed by atoms with Gasteiger partial charge in [0.05, 0.1) is 38.0 Å². The van der Waals surface area contributed by atoms with E-state index in [2.05, 4.69) is 0 Å². The number of halogens is 1. The van der Waals surface area contributed by atoms with Crippen LogP contribution in [0, 0.1) is 0 Å². The maximum absolute atomic E-state index is 12.9. The van der Waals surface area contributed by atoms with E-state index in [0.29, 0.717) is 28.5 Å². The number of hydrogen-bond donors (Lipinski definition) is 2. The fourth-order valence-electron chi connectivity index (χ4n) is 3.46. The molecule has 2 aromatic carbocycles. The third-order valence-electron chi connectivity index (χ3n) is 4.88. The van der Waals surface area contributed by atoms with Crippen LogP contribution in [-0.2, 0) is 14.3 Å². The normalized spacial score (nSPS) is 17.9. The number of ketones is 1. The van der Waals surface area contributed by atoms with Gasteiger partial charge in [-0.15, -0.1) is 0 Å². The van der Waals surface area contributed by atoms with Crippen molar-refractivity contribution in [1.82, 2.24) is 4.90 Å². The molecule has 0 spiro atoms. The lowest BCUT2D eigenvalue weighted by Crippen LogP contribution is -2.33. The Morgan fingerprint density at radius 2 is 1.74 bits per heavy atom. The quantitative estimate of drug-likeness (QED) is 0.266. The first-order valence-electron chi connectivity index (χ1n) is 9.93. The number of aliphatic hydroxyl groups is 2. The van der Waals surface area contributed by atoms with Crippen LogP contribution in [0.25, 0.3) is 5.76 Å². The summed E-state index contributed by atoms with van der Waals surface area (Å²) in [6.45, 7) is 2.64. The molecule has 1 amide bonds. The van der Waals surface area contributed by atoms with Crippen molar-refractivity contribution in [1.29, 1.82) is 0 Å². The van der Waals surface area contributed by atoms with Crippen molar-refractivity contribution in [2.45, 2.75) is 13.0 Å². The summed E-state index contributed by atoms with van der Waals surface area (Å²) in [5.41, 5.74) is 1.04. The van der Waals surface area contributed by atoms with E-state index in [0.717, 1.165) is 0 Å². The Morgan fingerprint density at radius 1 is 1.06 bits per heavy atom. The van der Waals surface area contributed by atoms with Gasteiger partial charge in [0.15, 0.2) is 0 Å². The Bertz CT molecular complexity index is 955. The van der Waals surface area contributed by atoms with Gasteiger partial charge < -0.3 is 24.6 Å². The Kier molecular flexibility index (Phi) is 7.68. The third-order valence-corrected chi connectivity index (χ3v) is 5.13. The lowest BCUT2D eigenvalue weighted by Gasteiger charge is -2.25. The van der Waals surface area contributed by atoms with Gasteiger partial charge in [-0.1, -0.05) is 23.7 Å². The number of carbonyl (C=O) groups excluding carboxylic acids is 2. The fraction of sp³-hybridized carbons (Fsp3) is 0.304. The molecule has 1 aliphatic heterocycles. The van der Waals surface area contributed by atoms with Crippen LogP contribution in [0.3, 0.4) is 0 Å². The summed E-state index contributed by atoms with van der Waals surface area (Å²) in [5.74, 6) is -1.10. The van der Waals surface area contributed by atoms with Gasteiger partial charge >= 0.3 is 0 Å². The molecule has 1 unspecified atom stereocenters. The first-order chi connectivity index (χ1) is 15.0. The second-order valence-corrected chi connectivity index (χ2v) is 7.27. The molecule has 1 fully saturated rings. The summed E-state index contributed by atoms with van der Waals surface area (Å²) in [6.07, 6.45) is 0. The maximum atomic E-state index is 12.9. The van der Waals surface area contributed by atoms with Crippen molar-refractivity contribution in [3.63, 3.8) is 0 Å². The van der Waals surface area contributed by atoms with Crippen molar-refractivity contribution < 1.29 is 29.3 Å². The van der Waals surface area contributed by atoms with E-state index in [-0.39, 0.29) is 37.7 Å². The van der Waals surface area contributed by atoms with Crippen molar-refractivity contribution in [3.8, 4) is 5.75 Å². The highest BCUT2D eigenvalue weighted by Crippen LogP contribution is 2.39. The monoisotopic (exact) mass is 445 g/mol. The van der Waals surface area contributed by atoms with E-state index in [1.165, 1.54) is 4.90 Å². The van der Waals surface area contributed by atoms with Crippen molar-refractivity contribution in [3.05, 3.63) is 70.3 Å². The average Bonchev–Trinajstić information content (AvgIpc) is 3.02. The number of likely N-dealkylation sites (tertiary alicyclic amines) is 1. The highest BCUT2D eigenvalue weighted by atomic mass is 35.5. The van der Waals surface area contributed by atoms with Crippen LogP contribution in [0.15, 0.2) is 54.1 Å². The molecule has 3 rings (SSSR count). The molecule has 164 valence electrons. The molecular formula is C23H24ClNO6. The predicted octanol–water partition coefficient (Wildman–Crippen LogP) is 3.17. The fourth-order valence-corrected chi connectivity index (χ4v) is 3.59. The third kappa shape index (κ3) is 5.07. The molecule has 7 nitrogen and oxygen atoms in total. The number of aliphatic hydroxyl groups excluding tert-OH is 2. The van der Waals surface area contributed by atoms with Gasteiger partial charge in [-0.05, 0) is 48.9 Å². The summed E-state index contributed by atoms with van der Waals surface area (Å²) >= 11 is 5.93. The van der Waals surface area contributed by atoms with Crippen LogP contribution in [0.4, 0.5) is 0 Å². The van der Waals surface area contributed by atoms with Crippen LogP contribution in [0.1, 0.15) is 24.1 Å². The number of Topliss-reactive ketones (excluding diaryl/α,β-unsaturated/α-hetero) is 1. The number of rotatable bonds is 9. The first-order valence-corrected chi connectivity index (χ1v) is 10.3. The molecule has 1 aliphatic rings. The molecule has 2 aromatic rings. The molecule has 1 saturated heterocycles. The molecule has 2 N–H and O–H groups in total. The number of amides is 1. The second-order valence-electron chi connectivity index (χ2n) is 6.84. The molecule has 8 heteroatoms. The maximum Gasteiger partial charge on any atom is 0.295 e. The minimum Gasteiger partial charge on any atom is -0.507 e. The van der Waals surface area contributed by atoms with Gasteiger partial charge in [-0.25, -0.2) is 0 Å². The largest absolute Gasteiger partial charge is 0.507 e. The first kappa shape index (κ1) is 22.8. The highest BCUT2D eigenvalue weighted by molar-refractivity contribution is 6.46. The van der Waals surface area contributed by atoms with Crippen LogP contribution >= 0.6 is 11.6 Å². The van der Waals surface area contributed by atoms with E-state index >= 15 is 0 Å². The number of hydrogen-bond acceptors (Lipinski definition) is 6. The summed E-state index contributed by atoms with van der Waals surface area (Å²) < 4.78 is 10.8. The average molecular weight is 446 g/mol. The van der Waals surface area contributed by atoms with Gasteiger partial charge in [0.2, 0.25) is 0 Å². The lowest BCUT2D eigenvalue weighted by atomic mass is 9.95. The van der Waals surface area contributed by atoms with Gasteiger partial charge in [0.1, 0.15) is 11.5 Å². The highest BCUT2D eigenvalue weighted by Gasteiger charge is 2.45. The second kappa shape index (κ2) is 10.4. The summed E-state index contributed by atoms with van der Waals surface area (Å²) in [5, 5.41) is 20.3. The molecule has 1 heterocycles. The van der Waals surface area contributed by atoms with Crippen molar-refractivity contribution in [2.24, 2.45) is 0 Å². The Balaban J connectivity index is 2.03. The molecule has 0 saturated carbocycles. The smallest absolute Gasteiger partial charge is 0.295 e. The standard InChI is InChI=1S/C23H24ClNO6/c1-2-31-18-9-5-15(6-10-18)20-19(21(27)16-3-7-17(24)8-4-16)22(28)23(29)25(20)11-13-30-14-12-26/h3-10,20,26-27H,2,11-14H2,1H3. The molecule has 0 aliphatic carbocycles. The van der Waals surface area contributed by atoms with Gasteiger partial charge in [-0.2, -0.15) is 0 Å². The van der Waals surface area contributed by atoms with E-state index in [9.17, 15) is 14.7 Å². The topological polar surface area (TPSA) is 96.3 Å². The van der Waals surface area contributed by atoms with Crippen LogP contribution in [0.5, 0.6) is 5.75 Å². The zero-order valence-electron chi connectivity index (χ0n) is 17.1. The van der Waals surface area contributed by atoms with Gasteiger partial charge in [0.25, 0.3) is 11.7 Å². The number of carbonyl (C=O) groups is 2. The molecule has 0 bridgehead atoms. The minimum absolute atomic E-state index is 0.00126. The number of ether oxygens (including phenoxy) is 2. The summed E-state index contributed by atoms with van der Waals surface area (Å²) in [7, 11) is 0. The Labute approximate surface area is 185 Å². The van der Waals surface area contributed by atoms with E-state index < -0.39 is 17.7 Å². The van der Waals surface area contributed by atoms with Crippen molar-refractivity contribution >= 4 is 29.1 Å². The summed E-state index contributed by atoms with van der Waals surface area (Å²) in [4.78, 5) is 27.1. The molecule has 1 atom stereocenters. The lowest BCUT2D eigenvalue weighted by molar-refractivity contribution is -0.140. The molecule has 0 radical (unpaired) electrons. The molecule has 0 aromatic heterocycles. The SMILES string of the molecule is CCOc1ccc(C2C(=C(O)c3ccc(Cl)cc3)C(=O)C(=O)N2CCOCCO)cc1. The minimum atomic E-state index is -0.788. The number of nitrogens with zero attached hydrogens (tertiary/aromatic N) is 1. The van der Waals surface area contributed by atoms with Crippen molar-refractivity contribution in [2.75, 3.05) is 33.0 Å². The van der Waals surface area contributed by atoms with Crippen LogP contribution < -0.4 is 4.74 Å². The number of benzene rings is 2. The molecular weight excluding hydrogens is 422 g/mol. The van der Waals surface area contributed by atoms with E-state index in [1.54, 1.807) is 48.5 Å².